The Morgan fingerprint density at radius 1 is 1.32 bits per heavy atom. The lowest BCUT2D eigenvalue weighted by atomic mass is 9.94. The Kier molecular flexibility index (Phi) is 5.73. The highest BCUT2D eigenvalue weighted by molar-refractivity contribution is 5.91. The second-order valence-corrected chi connectivity index (χ2v) is 4.60. The Bertz CT molecular complexity index is 489. The quantitative estimate of drug-likeness (QED) is 0.603. The lowest BCUT2D eigenvalue weighted by Gasteiger charge is -2.10. The van der Waals surface area contributed by atoms with Crippen LogP contribution < -0.4 is 5.73 Å². The number of carbonyl (C=O) groups excluding carboxylic acids is 2. The average molecular weight is 257 g/mol. The van der Waals surface area contributed by atoms with Crippen LogP contribution in [0, 0.1) is 0 Å². The third-order valence-electron chi connectivity index (χ3n) is 2.70. The molecule has 0 aliphatic rings. The minimum absolute atomic E-state index is 0.0104. The van der Waals surface area contributed by atoms with Crippen LogP contribution in [-0.2, 0) is 9.59 Å². The zero-order valence-corrected chi connectivity index (χ0v) is 11.1. The van der Waals surface area contributed by atoms with E-state index in [1.807, 2.05) is 37.3 Å². The van der Waals surface area contributed by atoms with Crippen molar-refractivity contribution in [2.75, 3.05) is 0 Å². The molecule has 0 bridgehead atoms. The second-order valence-electron chi connectivity index (χ2n) is 4.60. The molecule has 0 saturated heterocycles. The summed E-state index contributed by atoms with van der Waals surface area (Å²) in [4.78, 5) is 22.9. The van der Waals surface area contributed by atoms with Gasteiger partial charge in [-0.1, -0.05) is 48.6 Å². The van der Waals surface area contributed by atoms with Gasteiger partial charge in [0.1, 0.15) is 0 Å². The molecule has 3 nitrogen and oxygen atoms in total. The van der Waals surface area contributed by atoms with Crippen molar-refractivity contribution >= 4 is 11.7 Å². The van der Waals surface area contributed by atoms with E-state index in [9.17, 15) is 9.59 Å². The smallest absolute Gasteiger partial charge is 0.225 e. The summed E-state index contributed by atoms with van der Waals surface area (Å²) in [5.41, 5.74) is 7.09. The first-order valence-electron chi connectivity index (χ1n) is 6.18. The molecule has 2 N–H and O–H groups in total. The van der Waals surface area contributed by atoms with Crippen LogP contribution in [0.1, 0.15) is 31.2 Å². The molecule has 0 aliphatic heterocycles. The van der Waals surface area contributed by atoms with Gasteiger partial charge in [0.15, 0.2) is 5.78 Å². The van der Waals surface area contributed by atoms with Gasteiger partial charge >= 0.3 is 0 Å². The first-order valence-corrected chi connectivity index (χ1v) is 6.18. The van der Waals surface area contributed by atoms with Crippen molar-refractivity contribution in [3.63, 3.8) is 0 Å². The van der Waals surface area contributed by atoms with E-state index in [1.165, 1.54) is 6.08 Å². The highest BCUT2D eigenvalue weighted by Crippen LogP contribution is 2.19. The van der Waals surface area contributed by atoms with Crippen LogP contribution >= 0.6 is 0 Å². The van der Waals surface area contributed by atoms with Gasteiger partial charge in [-0.25, -0.2) is 0 Å². The highest BCUT2D eigenvalue weighted by atomic mass is 16.1. The van der Waals surface area contributed by atoms with Crippen molar-refractivity contribution in [3.8, 4) is 0 Å². The number of ketones is 1. The van der Waals surface area contributed by atoms with E-state index in [-0.39, 0.29) is 11.7 Å². The van der Waals surface area contributed by atoms with E-state index in [0.29, 0.717) is 12.8 Å². The Hall–Kier alpha value is -2.16. The van der Waals surface area contributed by atoms with E-state index in [1.54, 1.807) is 6.08 Å². The van der Waals surface area contributed by atoms with Gasteiger partial charge < -0.3 is 5.73 Å². The molecule has 1 aromatic rings. The summed E-state index contributed by atoms with van der Waals surface area (Å²) in [7, 11) is 0. The SMILES string of the molecule is C=C(C)CC(=O)/C=C/CC(C(N)=O)c1ccccc1. The summed E-state index contributed by atoms with van der Waals surface area (Å²) < 4.78 is 0. The Labute approximate surface area is 113 Å². The molecule has 1 atom stereocenters. The molecule has 3 heteroatoms. The standard InChI is InChI=1S/C16H19NO2/c1-12(2)11-14(18)9-6-10-15(16(17)19)13-7-4-3-5-8-13/h3-9,15H,1,10-11H2,2H3,(H2,17,19)/b9-6+. The fourth-order valence-electron chi connectivity index (χ4n) is 1.79. The van der Waals surface area contributed by atoms with E-state index < -0.39 is 5.92 Å². The van der Waals surface area contributed by atoms with Gasteiger partial charge in [0.05, 0.1) is 5.92 Å². The molecule has 0 heterocycles. The number of benzene rings is 1. The predicted octanol–water partition coefficient (Wildman–Crippen LogP) is 2.74. The van der Waals surface area contributed by atoms with Crippen LogP contribution in [0.4, 0.5) is 0 Å². The number of nitrogens with two attached hydrogens (primary N) is 1. The summed E-state index contributed by atoms with van der Waals surface area (Å²) in [6, 6.07) is 9.33. The molecule has 1 unspecified atom stereocenters. The minimum Gasteiger partial charge on any atom is -0.369 e. The first kappa shape index (κ1) is 14.9. The molecular formula is C16H19NO2. The minimum atomic E-state index is -0.393. The van der Waals surface area contributed by atoms with Crippen LogP contribution in [0.5, 0.6) is 0 Å². The molecule has 0 spiro atoms. The van der Waals surface area contributed by atoms with Gasteiger partial charge in [0.25, 0.3) is 0 Å². The number of hydrogen-bond donors (Lipinski definition) is 1. The van der Waals surface area contributed by atoms with Crippen LogP contribution in [-0.4, -0.2) is 11.7 Å². The van der Waals surface area contributed by atoms with Crippen molar-refractivity contribution in [2.45, 2.75) is 25.7 Å². The Morgan fingerprint density at radius 2 is 1.95 bits per heavy atom. The maximum absolute atomic E-state index is 11.5. The third-order valence-corrected chi connectivity index (χ3v) is 2.70. The van der Waals surface area contributed by atoms with Crippen molar-refractivity contribution in [2.24, 2.45) is 5.73 Å². The lowest BCUT2D eigenvalue weighted by Crippen LogP contribution is -2.20. The third kappa shape index (κ3) is 5.34. The molecule has 19 heavy (non-hydrogen) atoms. The molecule has 1 aromatic carbocycles. The summed E-state index contributed by atoms with van der Waals surface area (Å²) >= 11 is 0. The van der Waals surface area contributed by atoms with Crippen LogP contribution in [0.25, 0.3) is 0 Å². The van der Waals surface area contributed by atoms with E-state index in [4.69, 9.17) is 5.73 Å². The largest absolute Gasteiger partial charge is 0.369 e. The van der Waals surface area contributed by atoms with Gasteiger partial charge in [-0.3, -0.25) is 9.59 Å². The van der Waals surface area contributed by atoms with Crippen molar-refractivity contribution < 1.29 is 9.59 Å². The van der Waals surface area contributed by atoms with Crippen LogP contribution in [0.2, 0.25) is 0 Å². The molecule has 0 radical (unpaired) electrons. The van der Waals surface area contributed by atoms with Gasteiger partial charge in [0.2, 0.25) is 5.91 Å². The molecule has 0 aromatic heterocycles. The number of carbonyl (C=O) groups is 2. The molecule has 0 saturated carbocycles. The number of allylic oxidation sites excluding steroid dienone is 3. The van der Waals surface area contributed by atoms with Gasteiger partial charge in [-0.2, -0.15) is 0 Å². The highest BCUT2D eigenvalue weighted by Gasteiger charge is 2.15. The zero-order chi connectivity index (χ0) is 14.3. The lowest BCUT2D eigenvalue weighted by molar-refractivity contribution is -0.119. The van der Waals surface area contributed by atoms with Gasteiger partial charge in [-0.15, -0.1) is 0 Å². The number of amides is 1. The number of rotatable bonds is 7. The van der Waals surface area contributed by atoms with Gasteiger partial charge in [0, 0.05) is 6.42 Å². The molecular weight excluding hydrogens is 238 g/mol. The van der Waals surface area contributed by atoms with Crippen molar-refractivity contribution in [1.29, 1.82) is 0 Å². The Balaban J connectivity index is 2.66. The predicted molar refractivity (Wildman–Crippen MR) is 76.6 cm³/mol. The van der Waals surface area contributed by atoms with E-state index in [2.05, 4.69) is 6.58 Å². The molecule has 0 aliphatic carbocycles. The fraction of sp³-hybridized carbons (Fsp3) is 0.250. The normalized spacial score (nSPS) is 12.3. The topological polar surface area (TPSA) is 60.2 Å². The first-order chi connectivity index (χ1) is 9.00. The monoisotopic (exact) mass is 257 g/mol. The molecule has 1 rings (SSSR count). The van der Waals surface area contributed by atoms with Crippen LogP contribution in [0.15, 0.2) is 54.6 Å². The fourth-order valence-corrected chi connectivity index (χ4v) is 1.79. The summed E-state index contributed by atoms with van der Waals surface area (Å²) in [5, 5.41) is 0. The molecule has 100 valence electrons. The van der Waals surface area contributed by atoms with Crippen LogP contribution in [0.3, 0.4) is 0 Å². The second kappa shape index (κ2) is 7.31. The zero-order valence-electron chi connectivity index (χ0n) is 11.1. The summed E-state index contributed by atoms with van der Waals surface area (Å²) in [6.07, 6.45) is 3.96. The summed E-state index contributed by atoms with van der Waals surface area (Å²) in [6.45, 7) is 5.49. The molecule has 1 amide bonds. The molecule has 0 fully saturated rings. The van der Waals surface area contributed by atoms with Crippen molar-refractivity contribution in [3.05, 3.63) is 60.2 Å². The van der Waals surface area contributed by atoms with Gasteiger partial charge in [-0.05, 0) is 25.0 Å². The van der Waals surface area contributed by atoms with E-state index >= 15 is 0 Å². The number of hydrogen-bond acceptors (Lipinski definition) is 2. The Morgan fingerprint density at radius 3 is 2.47 bits per heavy atom. The maximum atomic E-state index is 11.5. The number of primary amides is 1. The van der Waals surface area contributed by atoms with E-state index in [0.717, 1.165) is 11.1 Å². The maximum Gasteiger partial charge on any atom is 0.225 e. The average Bonchev–Trinajstić information content (AvgIpc) is 2.34. The summed E-state index contributed by atoms with van der Waals surface area (Å²) in [5.74, 6) is -0.790. The van der Waals surface area contributed by atoms with Crippen molar-refractivity contribution in [1.82, 2.24) is 0 Å².